The van der Waals surface area contributed by atoms with Gasteiger partial charge in [-0.05, 0) is 19.4 Å². The third-order valence-corrected chi connectivity index (χ3v) is 2.06. The number of hydrogen-bond acceptors (Lipinski definition) is 2. The molecular formula is C13H16O2. The molecular weight excluding hydrogens is 188 g/mol. The first kappa shape index (κ1) is 11.5. The molecule has 1 aromatic rings. The maximum atomic E-state index is 11.0. The summed E-state index contributed by atoms with van der Waals surface area (Å²) in [5.41, 5.74) is 2.43. The zero-order valence-electron chi connectivity index (χ0n) is 9.19. The van der Waals surface area contributed by atoms with Crippen LogP contribution in [-0.4, -0.2) is 12.6 Å². The Hall–Kier alpha value is -1.57. The van der Waals surface area contributed by atoms with Crippen LogP contribution in [0.25, 0.3) is 0 Å². The van der Waals surface area contributed by atoms with E-state index in [2.05, 4.69) is 31.2 Å². The molecule has 0 atom stereocenters. The number of aryl methyl sites for hydroxylation is 1. The first-order chi connectivity index (χ1) is 7.22. The predicted octanol–water partition coefficient (Wildman–Crippen LogP) is 2.66. The molecule has 0 aliphatic carbocycles. The number of hydrogen-bond donors (Lipinski definition) is 0. The average molecular weight is 204 g/mol. The van der Waals surface area contributed by atoms with Crippen molar-refractivity contribution in [2.75, 3.05) is 6.61 Å². The highest BCUT2D eigenvalue weighted by atomic mass is 16.5. The summed E-state index contributed by atoms with van der Waals surface area (Å²) in [5.74, 6) is -0.274. The molecule has 1 aromatic carbocycles. The average Bonchev–Trinajstić information content (AvgIpc) is 2.21. The Morgan fingerprint density at radius 3 is 2.60 bits per heavy atom. The largest absolute Gasteiger partial charge is 0.462 e. The molecule has 1 rings (SSSR count). The van der Waals surface area contributed by atoms with Crippen LogP contribution in [0.2, 0.25) is 0 Å². The van der Waals surface area contributed by atoms with Crippen LogP contribution in [0.3, 0.4) is 0 Å². The van der Waals surface area contributed by atoms with Gasteiger partial charge in [-0.3, -0.25) is 0 Å². The molecule has 80 valence electrons. The van der Waals surface area contributed by atoms with Gasteiger partial charge in [0.2, 0.25) is 0 Å². The molecule has 0 spiro atoms. The van der Waals surface area contributed by atoms with Gasteiger partial charge in [-0.15, -0.1) is 0 Å². The molecule has 0 saturated carbocycles. The third-order valence-electron chi connectivity index (χ3n) is 2.06. The fourth-order valence-electron chi connectivity index (χ4n) is 1.21. The quantitative estimate of drug-likeness (QED) is 0.556. The van der Waals surface area contributed by atoms with Crippen molar-refractivity contribution < 1.29 is 9.53 Å². The Balaban J connectivity index is 2.32. The van der Waals surface area contributed by atoms with Crippen LogP contribution in [0, 0.1) is 6.92 Å². The van der Waals surface area contributed by atoms with E-state index >= 15 is 0 Å². The first-order valence-corrected chi connectivity index (χ1v) is 5.07. The van der Waals surface area contributed by atoms with Gasteiger partial charge in [0.15, 0.2) is 0 Å². The SMILES string of the molecule is C/C=C/C(=O)OCCc1ccc(C)cc1. The highest BCUT2D eigenvalue weighted by Gasteiger charge is 1.97. The topological polar surface area (TPSA) is 26.3 Å². The number of rotatable bonds is 4. The highest BCUT2D eigenvalue weighted by Crippen LogP contribution is 2.03. The van der Waals surface area contributed by atoms with Gasteiger partial charge in [-0.1, -0.05) is 35.9 Å². The Morgan fingerprint density at radius 1 is 1.33 bits per heavy atom. The molecule has 0 N–H and O–H groups in total. The van der Waals surface area contributed by atoms with Gasteiger partial charge in [0, 0.05) is 12.5 Å². The van der Waals surface area contributed by atoms with Crippen molar-refractivity contribution in [3.8, 4) is 0 Å². The van der Waals surface area contributed by atoms with Crippen molar-refractivity contribution in [2.24, 2.45) is 0 Å². The summed E-state index contributed by atoms with van der Waals surface area (Å²) in [5, 5.41) is 0. The van der Waals surface area contributed by atoms with Crippen molar-refractivity contribution in [3.63, 3.8) is 0 Å². The van der Waals surface area contributed by atoms with Crippen LogP contribution < -0.4 is 0 Å². The third kappa shape index (κ3) is 4.45. The van der Waals surface area contributed by atoms with Crippen LogP contribution in [0.4, 0.5) is 0 Å². The van der Waals surface area contributed by atoms with E-state index < -0.39 is 0 Å². The fraction of sp³-hybridized carbons (Fsp3) is 0.308. The Labute approximate surface area is 90.6 Å². The lowest BCUT2D eigenvalue weighted by atomic mass is 10.1. The molecule has 0 bridgehead atoms. The zero-order chi connectivity index (χ0) is 11.1. The fourth-order valence-corrected chi connectivity index (χ4v) is 1.21. The summed E-state index contributed by atoms with van der Waals surface area (Å²) in [6, 6.07) is 8.23. The molecule has 0 radical (unpaired) electrons. The van der Waals surface area contributed by atoms with Gasteiger partial charge in [0.25, 0.3) is 0 Å². The number of benzene rings is 1. The van der Waals surface area contributed by atoms with Crippen molar-refractivity contribution >= 4 is 5.97 Å². The number of allylic oxidation sites excluding steroid dienone is 1. The van der Waals surface area contributed by atoms with E-state index in [9.17, 15) is 4.79 Å². The summed E-state index contributed by atoms with van der Waals surface area (Å²) >= 11 is 0. The molecule has 0 heterocycles. The summed E-state index contributed by atoms with van der Waals surface area (Å²) in [6.07, 6.45) is 3.87. The van der Waals surface area contributed by atoms with Gasteiger partial charge in [-0.2, -0.15) is 0 Å². The molecule has 2 nitrogen and oxygen atoms in total. The van der Waals surface area contributed by atoms with E-state index in [-0.39, 0.29) is 5.97 Å². The molecule has 0 aliphatic heterocycles. The van der Waals surface area contributed by atoms with E-state index in [1.54, 1.807) is 13.0 Å². The summed E-state index contributed by atoms with van der Waals surface area (Å²) in [4.78, 5) is 11.0. The van der Waals surface area contributed by atoms with Gasteiger partial charge in [-0.25, -0.2) is 4.79 Å². The van der Waals surface area contributed by atoms with Crippen LogP contribution in [0.5, 0.6) is 0 Å². The smallest absolute Gasteiger partial charge is 0.330 e. The van der Waals surface area contributed by atoms with Crippen molar-refractivity contribution in [3.05, 3.63) is 47.5 Å². The summed E-state index contributed by atoms with van der Waals surface area (Å²) in [7, 11) is 0. The minimum Gasteiger partial charge on any atom is -0.462 e. The second kappa shape index (κ2) is 6.02. The van der Waals surface area contributed by atoms with E-state index in [1.165, 1.54) is 17.2 Å². The molecule has 0 amide bonds. The molecule has 0 fully saturated rings. The van der Waals surface area contributed by atoms with Crippen molar-refractivity contribution in [1.29, 1.82) is 0 Å². The van der Waals surface area contributed by atoms with Crippen LogP contribution in [0.15, 0.2) is 36.4 Å². The van der Waals surface area contributed by atoms with Crippen LogP contribution >= 0.6 is 0 Å². The Morgan fingerprint density at radius 2 is 2.00 bits per heavy atom. The minimum absolute atomic E-state index is 0.274. The minimum atomic E-state index is -0.274. The molecule has 0 saturated heterocycles. The van der Waals surface area contributed by atoms with Crippen molar-refractivity contribution in [2.45, 2.75) is 20.3 Å². The van der Waals surface area contributed by atoms with E-state index in [0.717, 1.165) is 6.42 Å². The van der Waals surface area contributed by atoms with E-state index in [1.807, 2.05) is 0 Å². The molecule has 0 aliphatic rings. The van der Waals surface area contributed by atoms with Gasteiger partial charge in [0.1, 0.15) is 0 Å². The maximum Gasteiger partial charge on any atom is 0.330 e. The van der Waals surface area contributed by atoms with Crippen LogP contribution in [0.1, 0.15) is 18.1 Å². The zero-order valence-corrected chi connectivity index (χ0v) is 9.19. The first-order valence-electron chi connectivity index (χ1n) is 5.07. The molecule has 0 unspecified atom stereocenters. The van der Waals surface area contributed by atoms with Crippen molar-refractivity contribution in [1.82, 2.24) is 0 Å². The summed E-state index contributed by atoms with van der Waals surface area (Å²) < 4.78 is 4.99. The summed E-state index contributed by atoms with van der Waals surface area (Å²) in [6.45, 7) is 4.28. The van der Waals surface area contributed by atoms with E-state index in [0.29, 0.717) is 6.61 Å². The Bertz CT molecular complexity index is 336. The monoisotopic (exact) mass is 204 g/mol. The lowest BCUT2D eigenvalue weighted by Crippen LogP contribution is -2.04. The second-order valence-corrected chi connectivity index (χ2v) is 3.40. The maximum absolute atomic E-state index is 11.0. The van der Waals surface area contributed by atoms with Gasteiger partial charge < -0.3 is 4.74 Å². The van der Waals surface area contributed by atoms with Gasteiger partial charge >= 0.3 is 5.97 Å². The standard InChI is InChI=1S/C13H16O2/c1-3-4-13(14)15-10-9-12-7-5-11(2)6-8-12/h3-8H,9-10H2,1-2H3/b4-3+. The lowest BCUT2D eigenvalue weighted by Gasteiger charge is -2.02. The predicted molar refractivity (Wildman–Crippen MR) is 60.7 cm³/mol. The number of carbonyl (C=O) groups excluding carboxylic acids is 1. The highest BCUT2D eigenvalue weighted by molar-refractivity contribution is 5.81. The molecule has 2 heteroatoms. The normalized spacial score (nSPS) is 10.5. The number of ether oxygens (including phenoxy) is 1. The lowest BCUT2D eigenvalue weighted by molar-refractivity contribution is -0.137. The Kier molecular flexibility index (Phi) is 4.61. The van der Waals surface area contributed by atoms with Gasteiger partial charge in [0.05, 0.1) is 6.61 Å². The number of carbonyl (C=O) groups is 1. The number of esters is 1. The van der Waals surface area contributed by atoms with E-state index in [4.69, 9.17) is 4.74 Å². The van der Waals surface area contributed by atoms with Crippen LogP contribution in [-0.2, 0) is 16.0 Å². The molecule has 0 aromatic heterocycles. The molecule has 15 heavy (non-hydrogen) atoms. The second-order valence-electron chi connectivity index (χ2n) is 3.40.